The van der Waals surface area contributed by atoms with E-state index in [0.29, 0.717) is 18.9 Å². The standard InChI is InChI=1S/C21H33N3O4/c1-8-23(18(25)27-20(2,3)4)17-15(11-9-13-22-17)16-12-10-14-24(16)19(26)28-21(5,6)7/h9,11,13,16H,8,10,12,14H2,1-7H3. The van der Waals surface area contributed by atoms with Gasteiger partial charge in [0.25, 0.3) is 0 Å². The molecule has 1 aliphatic heterocycles. The molecule has 1 aromatic rings. The van der Waals surface area contributed by atoms with Crippen LogP contribution in [0.1, 0.15) is 72.9 Å². The lowest BCUT2D eigenvalue weighted by atomic mass is 10.0. The number of aromatic nitrogens is 1. The second-order valence-electron chi connectivity index (χ2n) is 8.97. The van der Waals surface area contributed by atoms with Gasteiger partial charge in [0.15, 0.2) is 0 Å². The SMILES string of the molecule is CCN(C(=O)OC(C)(C)C)c1ncccc1C1CCCN1C(=O)OC(C)(C)C. The second-order valence-corrected chi connectivity index (χ2v) is 8.97. The summed E-state index contributed by atoms with van der Waals surface area (Å²) in [5.74, 6) is 0.528. The highest BCUT2D eigenvalue weighted by molar-refractivity contribution is 5.87. The van der Waals surface area contributed by atoms with Crippen LogP contribution in [0.2, 0.25) is 0 Å². The summed E-state index contributed by atoms with van der Waals surface area (Å²) >= 11 is 0. The average Bonchev–Trinajstić information content (AvgIpc) is 3.02. The highest BCUT2D eigenvalue weighted by Crippen LogP contribution is 2.37. The predicted octanol–water partition coefficient (Wildman–Crippen LogP) is 4.92. The molecule has 156 valence electrons. The van der Waals surface area contributed by atoms with Crippen LogP contribution in [-0.4, -0.2) is 46.4 Å². The Balaban J connectivity index is 2.34. The normalized spacial score (nSPS) is 17.4. The summed E-state index contributed by atoms with van der Waals surface area (Å²) in [6.07, 6.45) is 2.53. The van der Waals surface area contributed by atoms with E-state index in [4.69, 9.17) is 9.47 Å². The molecule has 1 aromatic heterocycles. The minimum absolute atomic E-state index is 0.185. The van der Waals surface area contributed by atoms with E-state index in [1.807, 2.05) is 60.6 Å². The zero-order valence-corrected chi connectivity index (χ0v) is 18.1. The fourth-order valence-corrected chi connectivity index (χ4v) is 3.21. The van der Waals surface area contributed by atoms with Gasteiger partial charge in [-0.2, -0.15) is 0 Å². The molecular weight excluding hydrogens is 358 g/mol. The first kappa shape index (κ1) is 22.0. The van der Waals surface area contributed by atoms with Gasteiger partial charge in [0.1, 0.15) is 17.0 Å². The molecule has 0 N–H and O–H groups in total. The molecule has 7 nitrogen and oxygen atoms in total. The van der Waals surface area contributed by atoms with Crippen LogP contribution in [0.15, 0.2) is 18.3 Å². The third-order valence-corrected chi connectivity index (χ3v) is 4.24. The Kier molecular flexibility index (Phi) is 6.57. The lowest BCUT2D eigenvalue weighted by Gasteiger charge is -2.31. The van der Waals surface area contributed by atoms with Gasteiger partial charge in [0.05, 0.1) is 6.04 Å². The van der Waals surface area contributed by atoms with E-state index in [1.165, 1.54) is 4.90 Å². The Bertz CT molecular complexity index is 706. The second kappa shape index (κ2) is 8.37. The fourth-order valence-electron chi connectivity index (χ4n) is 3.21. The molecule has 0 aromatic carbocycles. The number of amides is 2. The highest BCUT2D eigenvalue weighted by Gasteiger charge is 2.36. The highest BCUT2D eigenvalue weighted by atomic mass is 16.6. The van der Waals surface area contributed by atoms with Gasteiger partial charge in [-0.3, -0.25) is 4.90 Å². The van der Waals surface area contributed by atoms with Crippen molar-refractivity contribution in [3.63, 3.8) is 0 Å². The molecular formula is C21H33N3O4. The van der Waals surface area contributed by atoms with Gasteiger partial charge in [-0.05, 0) is 67.4 Å². The van der Waals surface area contributed by atoms with Crippen molar-refractivity contribution < 1.29 is 19.1 Å². The van der Waals surface area contributed by atoms with Crippen LogP contribution in [0, 0.1) is 0 Å². The van der Waals surface area contributed by atoms with Crippen molar-refractivity contribution in [2.24, 2.45) is 0 Å². The van der Waals surface area contributed by atoms with Gasteiger partial charge in [-0.25, -0.2) is 14.6 Å². The first-order chi connectivity index (χ1) is 12.9. The monoisotopic (exact) mass is 391 g/mol. The quantitative estimate of drug-likeness (QED) is 0.732. The zero-order valence-electron chi connectivity index (χ0n) is 18.1. The Morgan fingerprint density at radius 3 is 2.39 bits per heavy atom. The van der Waals surface area contributed by atoms with Crippen LogP contribution < -0.4 is 4.90 Å². The molecule has 1 fully saturated rings. The van der Waals surface area contributed by atoms with E-state index < -0.39 is 17.3 Å². The minimum Gasteiger partial charge on any atom is -0.444 e. The van der Waals surface area contributed by atoms with E-state index in [9.17, 15) is 9.59 Å². The largest absolute Gasteiger partial charge is 0.444 e. The van der Waals surface area contributed by atoms with Crippen LogP contribution in [0.4, 0.5) is 15.4 Å². The molecule has 0 bridgehead atoms. The summed E-state index contributed by atoms with van der Waals surface area (Å²) in [6.45, 7) is 14.0. The summed E-state index contributed by atoms with van der Waals surface area (Å²) in [5, 5.41) is 0. The Hall–Kier alpha value is -2.31. The van der Waals surface area contributed by atoms with Crippen LogP contribution in [0.3, 0.4) is 0 Å². The molecule has 7 heteroatoms. The number of ether oxygens (including phenoxy) is 2. The minimum atomic E-state index is -0.602. The fraction of sp³-hybridized carbons (Fsp3) is 0.667. The van der Waals surface area contributed by atoms with Crippen LogP contribution >= 0.6 is 0 Å². The lowest BCUT2D eigenvalue weighted by molar-refractivity contribution is 0.0224. The number of rotatable bonds is 3. The van der Waals surface area contributed by atoms with E-state index in [1.54, 1.807) is 11.1 Å². The molecule has 0 radical (unpaired) electrons. The molecule has 0 spiro atoms. The average molecular weight is 392 g/mol. The van der Waals surface area contributed by atoms with Gasteiger partial charge < -0.3 is 14.4 Å². The van der Waals surface area contributed by atoms with E-state index in [-0.39, 0.29) is 12.1 Å². The first-order valence-corrected chi connectivity index (χ1v) is 9.88. The molecule has 0 saturated carbocycles. The molecule has 1 saturated heterocycles. The van der Waals surface area contributed by atoms with Crippen molar-refractivity contribution in [3.05, 3.63) is 23.9 Å². The number of carbonyl (C=O) groups excluding carboxylic acids is 2. The first-order valence-electron chi connectivity index (χ1n) is 9.88. The number of likely N-dealkylation sites (tertiary alicyclic amines) is 1. The molecule has 0 aliphatic carbocycles. The van der Waals surface area contributed by atoms with E-state index in [2.05, 4.69) is 4.98 Å². The number of hydrogen-bond donors (Lipinski definition) is 0. The molecule has 1 unspecified atom stereocenters. The Morgan fingerprint density at radius 2 is 1.82 bits per heavy atom. The maximum Gasteiger partial charge on any atom is 0.415 e. The van der Waals surface area contributed by atoms with Gasteiger partial charge in [-0.15, -0.1) is 0 Å². The third-order valence-electron chi connectivity index (χ3n) is 4.24. The van der Waals surface area contributed by atoms with Crippen LogP contribution in [-0.2, 0) is 9.47 Å². The van der Waals surface area contributed by atoms with Crippen molar-refractivity contribution in [1.82, 2.24) is 9.88 Å². The molecule has 2 rings (SSSR count). The topological polar surface area (TPSA) is 72.0 Å². The van der Waals surface area contributed by atoms with Gasteiger partial charge >= 0.3 is 12.2 Å². The summed E-state index contributed by atoms with van der Waals surface area (Å²) in [5.41, 5.74) is -0.331. The van der Waals surface area contributed by atoms with Crippen LogP contribution in [0.25, 0.3) is 0 Å². The van der Waals surface area contributed by atoms with Crippen molar-refractivity contribution in [3.8, 4) is 0 Å². The predicted molar refractivity (Wildman–Crippen MR) is 108 cm³/mol. The number of nitrogens with zero attached hydrogens (tertiary/aromatic N) is 3. The Morgan fingerprint density at radius 1 is 1.18 bits per heavy atom. The number of carbonyl (C=O) groups is 2. The number of hydrogen-bond acceptors (Lipinski definition) is 5. The summed E-state index contributed by atoms with van der Waals surface area (Å²) in [7, 11) is 0. The summed E-state index contributed by atoms with van der Waals surface area (Å²) < 4.78 is 11.1. The summed E-state index contributed by atoms with van der Waals surface area (Å²) in [4.78, 5) is 33.1. The van der Waals surface area contributed by atoms with Gasteiger partial charge in [0.2, 0.25) is 0 Å². The smallest absolute Gasteiger partial charge is 0.415 e. The maximum absolute atomic E-state index is 12.7. The lowest BCUT2D eigenvalue weighted by Crippen LogP contribution is -2.39. The molecule has 2 amide bonds. The summed E-state index contributed by atoms with van der Waals surface area (Å²) in [6, 6.07) is 3.56. The van der Waals surface area contributed by atoms with Crippen molar-refractivity contribution in [2.75, 3.05) is 18.0 Å². The van der Waals surface area contributed by atoms with E-state index in [0.717, 1.165) is 18.4 Å². The van der Waals surface area contributed by atoms with Crippen LogP contribution in [0.5, 0.6) is 0 Å². The van der Waals surface area contributed by atoms with Gasteiger partial charge in [-0.1, -0.05) is 6.07 Å². The number of anilines is 1. The van der Waals surface area contributed by atoms with Crippen molar-refractivity contribution in [1.29, 1.82) is 0 Å². The Labute approximate surface area is 168 Å². The maximum atomic E-state index is 12.7. The zero-order chi connectivity index (χ0) is 21.1. The molecule has 1 aliphatic rings. The molecule has 2 heterocycles. The molecule has 28 heavy (non-hydrogen) atoms. The molecule has 1 atom stereocenters. The number of pyridine rings is 1. The third kappa shape index (κ3) is 5.59. The van der Waals surface area contributed by atoms with E-state index >= 15 is 0 Å². The van der Waals surface area contributed by atoms with Crippen molar-refractivity contribution >= 4 is 18.0 Å². The van der Waals surface area contributed by atoms with Crippen molar-refractivity contribution in [2.45, 2.75) is 78.6 Å². The van der Waals surface area contributed by atoms with Gasteiger partial charge in [0, 0.05) is 24.8 Å².